The minimum atomic E-state index is -4.37. The fraction of sp³-hybridized carbons (Fsp3) is 0.920. The van der Waals surface area contributed by atoms with Crippen LogP contribution in [0.15, 0.2) is 12.2 Å². The zero-order valence-electron chi connectivity index (χ0n) is 40.2. The van der Waals surface area contributed by atoms with Crippen LogP contribution < -0.4 is 0 Å². The molecule has 10 heteroatoms. The van der Waals surface area contributed by atoms with Gasteiger partial charge in [0.1, 0.15) is 19.8 Å². The maximum absolute atomic E-state index is 12.7. The molecule has 0 fully saturated rings. The third-order valence-corrected chi connectivity index (χ3v) is 12.3. The zero-order valence-corrected chi connectivity index (χ0v) is 41.1. The number of phosphoric ester groups is 1. The van der Waals surface area contributed by atoms with E-state index in [-0.39, 0.29) is 32.0 Å². The van der Waals surface area contributed by atoms with E-state index in [0.29, 0.717) is 17.4 Å². The van der Waals surface area contributed by atoms with Crippen LogP contribution in [-0.4, -0.2) is 74.9 Å². The van der Waals surface area contributed by atoms with Gasteiger partial charge in [-0.1, -0.05) is 206 Å². The number of carbonyl (C=O) groups excluding carboxylic acids is 2. The molecule has 0 bridgehead atoms. The Hall–Kier alpha value is -1.25. The maximum Gasteiger partial charge on any atom is 0.472 e. The number of likely N-dealkylation sites (N-methyl/N-ethyl adjacent to an activating group) is 1. The molecule has 0 aliphatic heterocycles. The second-order valence-corrected chi connectivity index (χ2v) is 20.0. The molecule has 0 saturated heterocycles. The first kappa shape index (κ1) is 58.8. The fourth-order valence-electron chi connectivity index (χ4n) is 7.31. The predicted octanol–water partition coefficient (Wildman–Crippen LogP) is 14.9. The van der Waals surface area contributed by atoms with Crippen molar-refractivity contribution in [3.63, 3.8) is 0 Å². The van der Waals surface area contributed by atoms with E-state index in [0.717, 1.165) is 32.1 Å². The first-order valence-corrected chi connectivity index (χ1v) is 26.9. The highest BCUT2D eigenvalue weighted by Gasteiger charge is 2.27. The van der Waals surface area contributed by atoms with Crippen molar-refractivity contribution in [1.29, 1.82) is 0 Å². The number of unbranched alkanes of at least 4 members (excludes halogenated alkanes) is 31. The van der Waals surface area contributed by atoms with Crippen molar-refractivity contribution in [2.24, 2.45) is 0 Å². The number of carbonyl (C=O) groups is 2. The van der Waals surface area contributed by atoms with Gasteiger partial charge in [0, 0.05) is 12.8 Å². The number of esters is 2. The summed E-state index contributed by atoms with van der Waals surface area (Å²) >= 11 is 0. The minimum absolute atomic E-state index is 0.0345. The van der Waals surface area contributed by atoms with Gasteiger partial charge in [-0.05, 0) is 38.5 Å². The van der Waals surface area contributed by atoms with Crippen LogP contribution in [0.5, 0.6) is 0 Å². The van der Waals surface area contributed by atoms with E-state index >= 15 is 0 Å². The topological polar surface area (TPSA) is 108 Å². The molecule has 0 heterocycles. The molecule has 356 valence electrons. The Bertz CT molecular complexity index is 1030. The van der Waals surface area contributed by atoms with E-state index in [2.05, 4.69) is 26.0 Å². The van der Waals surface area contributed by atoms with Gasteiger partial charge in [0.25, 0.3) is 0 Å². The highest BCUT2D eigenvalue weighted by atomic mass is 31.2. The van der Waals surface area contributed by atoms with Crippen LogP contribution in [0.2, 0.25) is 0 Å². The van der Waals surface area contributed by atoms with Gasteiger partial charge in [-0.3, -0.25) is 18.6 Å². The molecule has 60 heavy (non-hydrogen) atoms. The third-order valence-electron chi connectivity index (χ3n) is 11.3. The van der Waals surface area contributed by atoms with E-state index < -0.39 is 26.5 Å². The molecule has 0 aromatic carbocycles. The van der Waals surface area contributed by atoms with Crippen molar-refractivity contribution in [1.82, 2.24) is 0 Å². The summed E-state index contributed by atoms with van der Waals surface area (Å²) in [5.74, 6) is -0.789. The van der Waals surface area contributed by atoms with Crippen LogP contribution in [0.4, 0.5) is 0 Å². The van der Waals surface area contributed by atoms with Crippen LogP contribution in [0.3, 0.4) is 0 Å². The van der Waals surface area contributed by atoms with Gasteiger partial charge in [-0.25, -0.2) is 4.57 Å². The average Bonchev–Trinajstić information content (AvgIpc) is 3.20. The van der Waals surface area contributed by atoms with Gasteiger partial charge < -0.3 is 18.9 Å². The number of ether oxygens (including phenoxy) is 2. The minimum Gasteiger partial charge on any atom is -0.462 e. The lowest BCUT2D eigenvalue weighted by atomic mass is 10.0. The predicted molar refractivity (Wildman–Crippen MR) is 252 cm³/mol. The lowest BCUT2D eigenvalue weighted by molar-refractivity contribution is -0.870. The van der Waals surface area contributed by atoms with Gasteiger partial charge in [-0.2, -0.15) is 0 Å². The van der Waals surface area contributed by atoms with Crippen molar-refractivity contribution in [2.75, 3.05) is 47.5 Å². The molecule has 0 aromatic rings. The summed E-state index contributed by atoms with van der Waals surface area (Å²) in [5.41, 5.74) is 0. The molecule has 0 aliphatic rings. The summed E-state index contributed by atoms with van der Waals surface area (Å²) in [6.07, 6.45) is 46.9. The molecule has 0 saturated carbocycles. The molecule has 0 rings (SSSR count). The van der Waals surface area contributed by atoms with Crippen LogP contribution in [0.25, 0.3) is 0 Å². The largest absolute Gasteiger partial charge is 0.472 e. The van der Waals surface area contributed by atoms with Crippen molar-refractivity contribution in [3.05, 3.63) is 12.2 Å². The molecule has 0 spiro atoms. The average molecular weight is 873 g/mol. The molecule has 0 amide bonds. The van der Waals surface area contributed by atoms with Crippen LogP contribution in [0, 0.1) is 0 Å². The molecular weight excluding hydrogens is 774 g/mol. The zero-order chi connectivity index (χ0) is 44.3. The summed E-state index contributed by atoms with van der Waals surface area (Å²) in [6, 6.07) is 0. The van der Waals surface area contributed by atoms with Crippen LogP contribution in [0.1, 0.15) is 245 Å². The summed E-state index contributed by atoms with van der Waals surface area (Å²) < 4.78 is 34.4. The Morgan fingerprint density at radius 1 is 0.500 bits per heavy atom. The smallest absolute Gasteiger partial charge is 0.462 e. The first-order chi connectivity index (χ1) is 29.0. The SMILES string of the molecule is CCCCCC/C=C/CCCCCCCCCC(=O)OC[C@H](COP(=O)(O)OCC[N+](C)(C)C)OC(=O)CCCCCCCCCCCCCCCCCCCCCCC. The standard InChI is InChI=1S/C50H98NO8P/c1-6-8-10-12-14-16-18-20-22-23-24-25-26-27-29-31-33-35-37-39-41-43-50(53)59-48(47-58-60(54,55)57-45-44-51(3,4)5)46-56-49(52)42-40-38-36-34-32-30-28-21-19-17-15-13-11-9-7-2/h17,19,48H,6-16,18,20-47H2,1-5H3/p+1/b19-17+/t48-/m1/s1. The molecule has 2 atom stereocenters. The van der Waals surface area contributed by atoms with E-state index in [9.17, 15) is 19.0 Å². The fourth-order valence-corrected chi connectivity index (χ4v) is 8.05. The molecule has 1 unspecified atom stereocenters. The number of quaternary nitrogens is 1. The van der Waals surface area contributed by atoms with Gasteiger partial charge >= 0.3 is 19.8 Å². The number of hydrogen-bond donors (Lipinski definition) is 1. The monoisotopic (exact) mass is 873 g/mol. The Kier molecular flexibility index (Phi) is 42.1. The molecular formula is C50H99NO8P+. The molecule has 1 N–H and O–H groups in total. The number of rotatable bonds is 47. The van der Waals surface area contributed by atoms with Crippen molar-refractivity contribution in [2.45, 2.75) is 251 Å². The second kappa shape index (κ2) is 43.0. The first-order valence-electron chi connectivity index (χ1n) is 25.4. The Labute approximate surface area is 371 Å². The number of allylic oxidation sites excluding steroid dienone is 2. The highest BCUT2D eigenvalue weighted by molar-refractivity contribution is 7.47. The maximum atomic E-state index is 12.7. The van der Waals surface area contributed by atoms with Gasteiger partial charge in [0.2, 0.25) is 0 Å². The summed E-state index contributed by atoms with van der Waals surface area (Å²) in [6.45, 7) is 4.45. The second-order valence-electron chi connectivity index (χ2n) is 18.6. The van der Waals surface area contributed by atoms with Crippen molar-refractivity contribution < 1.29 is 42.1 Å². The van der Waals surface area contributed by atoms with Gasteiger partial charge in [-0.15, -0.1) is 0 Å². The molecule has 0 aliphatic carbocycles. The number of nitrogens with zero attached hydrogens (tertiary/aromatic N) is 1. The Morgan fingerprint density at radius 2 is 0.850 bits per heavy atom. The Balaban J connectivity index is 4.21. The Morgan fingerprint density at radius 3 is 1.25 bits per heavy atom. The molecule has 9 nitrogen and oxygen atoms in total. The van der Waals surface area contributed by atoms with E-state index in [1.54, 1.807) is 0 Å². The van der Waals surface area contributed by atoms with Crippen LogP contribution in [-0.2, 0) is 32.7 Å². The van der Waals surface area contributed by atoms with Crippen molar-refractivity contribution in [3.8, 4) is 0 Å². The normalized spacial score (nSPS) is 13.5. The van der Waals surface area contributed by atoms with Gasteiger partial charge in [0.15, 0.2) is 6.10 Å². The molecule has 0 aromatic heterocycles. The summed E-state index contributed by atoms with van der Waals surface area (Å²) in [5, 5.41) is 0. The van der Waals surface area contributed by atoms with E-state index in [1.165, 1.54) is 180 Å². The number of hydrogen-bond acceptors (Lipinski definition) is 7. The van der Waals surface area contributed by atoms with E-state index in [1.807, 2.05) is 21.1 Å². The highest BCUT2D eigenvalue weighted by Crippen LogP contribution is 2.43. The summed E-state index contributed by atoms with van der Waals surface area (Å²) in [4.78, 5) is 35.5. The molecule has 0 radical (unpaired) electrons. The van der Waals surface area contributed by atoms with Crippen LogP contribution >= 0.6 is 7.82 Å². The summed E-state index contributed by atoms with van der Waals surface area (Å²) in [7, 11) is 1.49. The van der Waals surface area contributed by atoms with Crippen molar-refractivity contribution >= 4 is 19.8 Å². The number of phosphoric acid groups is 1. The lowest BCUT2D eigenvalue weighted by Crippen LogP contribution is -2.37. The van der Waals surface area contributed by atoms with Gasteiger partial charge in [0.05, 0.1) is 27.7 Å². The third kappa shape index (κ3) is 46.3. The lowest BCUT2D eigenvalue weighted by Gasteiger charge is -2.24. The van der Waals surface area contributed by atoms with E-state index in [4.69, 9.17) is 18.5 Å². The quantitative estimate of drug-likeness (QED) is 0.0212.